The van der Waals surface area contributed by atoms with Gasteiger partial charge < -0.3 is 10.8 Å². The molecule has 0 fully saturated rings. The number of nitrogens with two attached hydrogens (primary N) is 1. The van der Waals surface area contributed by atoms with Crippen LogP contribution in [0.5, 0.6) is 5.75 Å². The molecule has 0 spiro atoms. The van der Waals surface area contributed by atoms with Crippen LogP contribution in [-0.2, 0) is 6.42 Å². The monoisotopic (exact) mass is 223 g/mol. The van der Waals surface area contributed by atoms with Crippen LogP contribution in [0.4, 0.5) is 0 Å². The maximum Gasteiger partial charge on any atom is 0.223 e. The Hall–Kier alpha value is -1.39. The van der Waals surface area contributed by atoms with Crippen LogP contribution in [0.25, 0.3) is 10.9 Å². The highest BCUT2D eigenvalue weighted by atomic mass is 35.5. The van der Waals surface area contributed by atoms with Gasteiger partial charge in [0.2, 0.25) is 5.28 Å². The minimum atomic E-state index is 0.107. The third-order valence-electron chi connectivity index (χ3n) is 2.14. The van der Waals surface area contributed by atoms with Gasteiger partial charge in [-0.25, -0.2) is 9.97 Å². The van der Waals surface area contributed by atoms with E-state index in [1.54, 1.807) is 12.1 Å². The fraction of sp³-hybridized carbons (Fsp3) is 0.200. The van der Waals surface area contributed by atoms with Gasteiger partial charge in [0, 0.05) is 11.8 Å². The third kappa shape index (κ3) is 1.86. The first-order valence-electron chi connectivity index (χ1n) is 4.56. The van der Waals surface area contributed by atoms with Gasteiger partial charge >= 0.3 is 0 Å². The number of halogens is 1. The number of hydrogen-bond donors (Lipinski definition) is 2. The molecule has 2 aromatic rings. The van der Waals surface area contributed by atoms with E-state index in [2.05, 4.69) is 9.97 Å². The van der Waals surface area contributed by atoms with Gasteiger partial charge in [0.25, 0.3) is 0 Å². The summed E-state index contributed by atoms with van der Waals surface area (Å²) >= 11 is 5.76. The van der Waals surface area contributed by atoms with Gasteiger partial charge in [0.15, 0.2) is 0 Å². The molecule has 1 aromatic heterocycles. The van der Waals surface area contributed by atoms with Crippen molar-refractivity contribution in [2.24, 2.45) is 5.73 Å². The predicted molar refractivity (Wildman–Crippen MR) is 59.0 cm³/mol. The van der Waals surface area contributed by atoms with Gasteiger partial charge in [-0.05, 0) is 24.2 Å². The lowest BCUT2D eigenvalue weighted by Gasteiger charge is -2.05. The zero-order valence-electron chi connectivity index (χ0n) is 7.94. The topological polar surface area (TPSA) is 72.0 Å². The molecule has 0 saturated heterocycles. The molecule has 4 nitrogen and oxygen atoms in total. The van der Waals surface area contributed by atoms with Crippen molar-refractivity contribution in [2.75, 3.05) is 6.54 Å². The van der Waals surface area contributed by atoms with Gasteiger partial charge in [0.05, 0.1) is 5.69 Å². The smallest absolute Gasteiger partial charge is 0.223 e. The number of fused-ring (bicyclic) bond motifs is 1. The molecule has 15 heavy (non-hydrogen) atoms. The number of hydrogen-bond acceptors (Lipinski definition) is 4. The van der Waals surface area contributed by atoms with Gasteiger partial charge in [-0.3, -0.25) is 0 Å². The van der Waals surface area contributed by atoms with E-state index in [1.165, 1.54) is 0 Å². The fourth-order valence-electron chi connectivity index (χ4n) is 1.50. The molecule has 5 heteroatoms. The molecule has 0 amide bonds. The molecule has 0 atom stereocenters. The third-order valence-corrected chi connectivity index (χ3v) is 2.31. The summed E-state index contributed by atoms with van der Waals surface area (Å²) < 4.78 is 0. The van der Waals surface area contributed by atoms with Gasteiger partial charge in [-0.1, -0.05) is 12.1 Å². The maximum atomic E-state index is 9.61. The van der Waals surface area contributed by atoms with Crippen LogP contribution < -0.4 is 5.73 Å². The Labute approximate surface area is 91.7 Å². The van der Waals surface area contributed by atoms with Crippen molar-refractivity contribution >= 4 is 22.5 Å². The maximum absolute atomic E-state index is 9.61. The Kier molecular flexibility index (Phi) is 2.70. The van der Waals surface area contributed by atoms with Gasteiger partial charge in [-0.15, -0.1) is 0 Å². The van der Waals surface area contributed by atoms with E-state index >= 15 is 0 Å². The highest BCUT2D eigenvalue weighted by molar-refractivity contribution is 6.28. The summed E-state index contributed by atoms with van der Waals surface area (Å²) in [6.07, 6.45) is 0.613. The molecular formula is C10H10ClN3O. The molecule has 1 aromatic carbocycles. The lowest BCUT2D eigenvalue weighted by Crippen LogP contribution is -2.05. The van der Waals surface area contributed by atoms with Crippen LogP contribution in [0, 0.1) is 0 Å². The van der Waals surface area contributed by atoms with Crippen LogP contribution in [0.15, 0.2) is 18.2 Å². The second kappa shape index (κ2) is 4.00. The van der Waals surface area contributed by atoms with Crippen molar-refractivity contribution in [1.82, 2.24) is 9.97 Å². The van der Waals surface area contributed by atoms with Crippen molar-refractivity contribution in [2.45, 2.75) is 6.42 Å². The summed E-state index contributed by atoms with van der Waals surface area (Å²) in [5, 5.41) is 10.5. The molecule has 0 aliphatic carbocycles. The molecule has 0 unspecified atom stereocenters. The molecule has 0 bridgehead atoms. The Bertz CT molecular complexity index is 501. The number of nitrogens with zero attached hydrogens (tertiary/aromatic N) is 2. The fourth-order valence-corrected chi connectivity index (χ4v) is 1.68. The first kappa shape index (κ1) is 10.1. The van der Waals surface area contributed by atoms with Crippen LogP contribution in [0.1, 0.15) is 5.69 Å². The van der Waals surface area contributed by atoms with E-state index in [9.17, 15) is 5.11 Å². The summed E-state index contributed by atoms with van der Waals surface area (Å²) in [7, 11) is 0. The summed E-state index contributed by atoms with van der Waals surface area (Å²) in [6, 6.07) is 5.16. The average molecular weight is 224 g/mol. The minimum Gasteiger partial charge on any atom is -0.506 e. The van der Waals surface area contributed by atoms with Gasteiger partial charge in [-0.2, -0.15) is 0 Å². The van der Waals surface area contributed by atoms with E-state index in [1.807, 2.05) is 6.07 Å². The van der Waals surface area contributed by atoms with Crippen molar-refractivity contribution in [3.05, 3.63) is 29.2 Å². The quantitative estimate of drug-likeness (QED) is 0.757. The molecule has 0 aliphatic heterocycles. The SMILES string of the molecule is NCCc1nc(Cl)nc2c(O)cccc12. The van der Waals surface area contributed by atoms with Crippen LogP contribution in [-0.4, -0.2) is 21.6 Å². The van der Waals surface area contributed by atoms with E-state index in [-0.39, 0.29) is 11.0 Å². The first-order valence-corrected chi connectivity index (χ1v) is 4.94. The molecule has 2 rings (SSSR count). The molecule has 0 saturated carbocycles. The number of rotatable bonds is 2. The lowest BCUT2D eigenvalue weighted by atomic mass is 10.1. The lowest BCUT2D eigenvalue weighted by molar-refractivity contribution is 0.480. The minimum absolute atomic E-state index is 0.107. The van der Waals surface area contributed by atoms with Crippen molar-refractivity contribution in [1.29, 1.82) is 0 Å². The molecule has 78 valence electrons. The summed E-state index contributed by atoms with van der Waals surface area (Å²) in [4.78, 5) is 8.08. The molecule has 3 N–H and O–H groups in total. The normalized spacial score (nSPS) is 10.8. The summed E-state index contributed by atoms with van der Waals surface area (Å²) in [5.41, 5.74) is 6.71. The van der Waals surface area contributed by atoms with E-state index in [0.717, 1.165) is 11.1 Å². The van der Waals surface area contributed by atoms with E-state index in [0.29, 0.717) is 18.5 Å². The largest absolute Gasteiger partial charge is 0.506 e. The van der Waals surface area contributed by atoms with Crippen molar-refractivity contribution in [3.8, 4) is 5.75 Å². The standard InChI is InChI=1S/C10H10ClN3O/c11-10-13-7(4-5-12)6-2-1-3-8(15)9(6)14-10/h1-3,15H,4-5,12H2. The van der Waals surface area contributed by atoms with Crippen LogP contribution >= 0.6 is 11.6 Å². The first-order chi connectivity index (χ1) is 7.22. The second-order valence-corrected chi connectivity index (χ2v) is 3.49. The number of phenolic OH excluding ortho intramolecular Hbond substituents is 1. The summed E-state index contributed by atoms with van der Waals surface area (Å²) in [5.74, 6) is 0.107. The number of phenols is 1. The number of para-hydroxylation sites is 1. The molecule has 0 radical (unpaired) electrons. The predicted octanol–water partition coefficient (Wildman–Crippen LogP) is 1.49. The zero-order valence-corrected chi connectivity index (χ0v) is 8.70. The average Bonchev–Trinajstić information content (AvgIpc) is 2.20. The number of benzene rings is 1. The number of aromatic hydroxyl groups is 1. The number of aromatic nitrogens is 2. The molecule has 1 heterocycles. The highest BCUT2D eigenvalue weighted by Crippen LogP contribution is 2.25. The highest BCUT2D eigenvalue weighted by Gasteiger charge is 2.08. The van der Waals surface area contributed by atoms with Crippen LogP contribution in [0.3, 0.4) is 0 Å². The van der Waals surface area contributed by atoms with Crippen molar-refractivity contribution in [3.63, 3.8) is 0 Å². The summed E-state index contributed by atoms with van der Waals surface area (Å²) in [6.45, 7) is 0.484. The van der Waals surface area contributed by atoms with Crippen molar-refractivity contribution < 1.29 is 5.11 Å². The zero-order chi connectivity index (χ0) is 10.8. The molecular weight excluding hydrogens is 214 g/mol. The van der Waals surface area contributed by atoms with E-state index < -0.39 is 0 Å². The Morgan fingerprint density at radius 1 is 1.33 bits per heavy atom. The van der Waals surface area contributed by atoms with Gasteiger partial charge in [0.1, 0.15) is 11.3 Å². The Balaban J connectivity index is 2.74. The Morgan fingerprint density at radius 2 is 2.13 bits per heavy atom. The van der Waals surface area contributed by atoms with Crippen LogP contribution in [0.2, 0.25) is 5.28 Å². The van der Waals surface area contributed by atoms with E-state index in [4.69, 9.17) is 17.3 Å². The molecule has 0 aliphatic rings. The second-order valence-electron chi connectivity index (χ2n) is 3.15. The Morgan fingerprint density at radius 3 is 2.87 bits per heavy atom.